The molecule has 1 saturated heterocycles. The highest BCUT2D eigenvalue weighted by Crippen LogP contribution is 2.20. The number of thioether (sulfide) groups is 1. The number of nitrogens with one attached hydrogen (secondary N) is 1. The molecule has 2 amide bonds. The number of rotatable bonds is 7. The molecule has 0 aromatic heterocycles. The molecule has 5 nitrogen and oxygen atoms in total. The van der Waals surface area contributed by atoms with Crippen molar-refractivity contribution in [3.63, 3.8) is 0 Å². The Morgan fingerprint density at radius 3 is 2.37 bits per heavy atom. The molecular formula is C24H31N3O2S. The van der Waals surface area contributed by atoms with Crippen LogP contribution in [0.4, 0.5) is 5.69 Å². The molecule has 0 atom stereocenters. The summed E-state index contributed by atoms with van der Waals surface area (Å²) in [5, 5.41) is 3.02. The summed E-state index contributed by atoms with van der Waals surface area (Å²) in [4.78, 5) is 30.2. The van der Waals surface area contributed by atoms with Crippen molar-refractivity contribution >= 4 is 29.3 Å². The molecule has 0 unspecified atom stereocenters. The van der Waals surface area contributed by atoms with Gasteiger partial charge in [0.15, 0.2) is 0 Å². The van der Waals surface area contributed by atoms with Gasteiger partial charge in [-0.05, 0) is 50.1 Å². The van der Waals surface area contributed by atoms with Crippen LogP contribution in [0.25, 0.3) is 0 Å². The van der Waals surface area contributed by atoms with E-state index in [2.05, 4.69) is 41.4 Å². The summed E-state index contributed by atoms with van der Waals surface area (Å²) >= 11 is 1.72. The fraction of sp³-hybridized carbons (Fsp3) is 0.417. The van der Waals surface area contributed by atoms with Gasteiger partial charge in [0.25, 0.3) is 0 Å². The Labute approximate surface area is 183 Å². The Kier molecular flexibility index (Phi) is 7.94. The van der Waals surface area contributed by atoms with Crippen LogP contribution in [-0.4, -0.2) is 60.1 Å². The number of hydrogen-bond donors (Lipinski definition) is 1. The van der Waals surface area contributed by atoms with Gasteiger partial charge in [0, 0.05) is 48.9 Å². The molecule has 3 rings (SSSR count). The minimum Gasteiger partial charge on any atom is -0.340 e. The number of carbonyl (C=O) groups is 2. The Bertz CT molecular complexity index is 875. The molecule has 0 saturated carbocycles. The lowest BCUT2D eigenvalue weighted by Crippen LogP contribution is -2.50. The summed E-state index contributed by atoms with van der Waals surface area (Å²) in [6.45, 7) is 9.33. The summed E-state index contributed by atoms with van der Waals surface area (Å²) in [7, 11) is 0. The molecular weight excluding hydrogens is 394 g/mol. The molecule has 0 aliphatic carbocycles. The van der Waals surface area contributed by atoms with E-state index in [1.807, 2.05) is 36.9 Å². The third-order valence-corrected chi connectivity index (χ3v) is 6.59. The van der Waals surface area contributed by atoms with E-state index in [1.54, 1.807) is 11.8 Å². The van der Waals surface area contributed by atoms with Crippen LogP contribution in [0.1, 0.15) is 23.1 Å². The molecule has 2 aromatic rings. The van der Waals surface area contributed by atoms with Crippen molar-refractivity contribution in [2.75, 3.05) is 43.8 Å². The van der Waals surface area contributed by atoms with Gasteiger partial charge in [0.2, 0.25) is 11.8 Å². The maximum absolute atomic E-state index is 12.5. The average molecular weight is 426 g/mol. The molecule has 1 heterocycles. The predicted octanol–water partition coefficient (Wildman–Crippen LogP) is 3.88. The van der Waals surface area contributed by atoms with E-state index in [9.17, 15) is 9.59 Å². The number of benzene rings is 2. The minimum absolute atomic E-state index is 0.00188. The van der Waals surface area contributed by atoms with Gasteiger partial charge in [0.1, 0.15) is 0 Å². The van der Waals surface area contributed by atoms with Crippen LogP contribution in [-0.2, 0) is 9.59 Å². The highest BCUT2D eigenvalue weighted by molar-refractivity contribution is 7.99. The SMILES string of the molecule is Cc1ccc(SCCC(=O)N2CCN(CC(=O)Nc3cccc(C)c3C)CC2)cc1. The minimum atomic E-state index is -0.00188. The van der Waals surface area contributed by atoms with E-state index >= 15 is 0 Å². The second-order valence-electron chi connectivity index (χ2n) is 7.86. The number of hydrogen-bond acceptors (Lipinski definition) is 4. The fourth-order valence-corrected chi connectivity index (χ4v) is 4.32. The zero-order valence-corrected chi connectivity index (χ0v) is 18.9. The Hall–Kier alpha value is -2.31. The summed E-state index contributed by atoms with van der Waals surface area (Å²) in [6.07, 6.45) is 0.547. The smallest absolute Gasteiger partial charge is 0.238 e. The van der Waals surface area contributed by atoms with Gasteiger partial charge in [-0.25, -0.2) is 0 Å². The van der Waals surface area contributed by atoms with Gasteiger partial charge in [-0.2, -0.15) is 0 Å². The number of piperazine rings is 1. The maximum atomic E-state index is 12.5. The molecule has 0 spiro atoms. The van der Waals surface area contributed by atoms with Crippen molar-refractivity contribution < 1.29 is 9.59 Å². The van der Waals surface area contributed by atoms with Gasteiger partial charge in [0.05, 0.1) is 6.54 Å². The van der Waals surface area contributed by atoms with Gasteiger partial charge in [-0.15, -0.1) is 11.8 Å². The number of amides is 2. The largest absolute Gasteiger partial charge is 0.340 e. The maximum Gasteiger partial charge on any atom is 0.238 e. The zero-order chi connectivity index (χ0) is 21.5. The number of nitrogens with zero attached hydrogens (tertiary/aromatic N) is 2. The van der Waals surface area contributed by atoms with Crippen molar-refractivity contribution in [2.24, 2.45) is 0 Å². The van der Waals surface area contributed by atoms with Crippen molar-refractivity contribution in [3.05, 3.63) is 59.2 Å². The van der Waals surface area contributed by atoms with Gasteiger partial charge >= 0.3 is 0 Å². The summed E-state index contributed by atoms with van der Waals surface area (Å²) in [6, 6.07) is 14.3. The fourth-order valence-electron chi connectivity index (χ4n) is 3.48. The first kappa shape index (κ1) is 22.4. The molecule has 2 aromatic carbocycles. The molecule has 1 aliphatic rings. The van der Waals surface area contributed by atoms with Crippen LogP contribution in [0.5, 0.6) is 0 Å². The highest BCUT2D eigenvalue weighted by atomic mass is 32.2. The normalized spacial score (nSPS) is 14.6. The zero-order valence-electron chi connectivity index (χ0n) is 18.1. The van der Waals surface area contributed by atoms with E-state index in [4.69, 9.17) is 0 Å². The molecule has 160 valence electrons. The van der Waals surface area contributed by atoms with E-state index in [0.717, 1.165) is 30.1 Å². The lowest BCUT2D eigenvalue weighted by atomic mass is 10.1. The Morgan fingerprint density at radius 1 is 0.967 bits per heavy atom. The summed E-state index contributed by atoms with van der Waals surface area (Å²) < 4.78 is 0. The van der Waals surface area contributed by atoms with Crippen molar-refractivity contribution in [1.29, 1.82) is 0 Å². The van der Waals surface area contributed by atoms with E-state index < -0.39 is 0 Å². The molecule has 0 bridgehead atoms. The van der Waals surface area contributed by atoms with E-state index in [-0.39, 0.29) is 11.8 Å². The van der Waals surface area contributed by atoms with Crippen LogP contribution in [0.3, 0.4) is 0 Å². The summed E-state index contributed by atoms with van der Waals surface area (Å²) in [5.74, 6) is 0.993. The van der Waals surface area contributed by atoms with Gasteiger partial charge in [-0.3, -0.25) is 14.5 Å². The first-order valence-corrected chi connectivity index (χ1v) is 11.5. The van der Waals surface area contributed by atoms with Crippen LogP contribution < -0.4 is 5.32 Å². The summed E-state index contributed by atoms with van der Waals surface area (Å²) in [5.41, 5.74) is 4.39. The van der Waals surface area contributed by atoms with E-state index in [1.165, 1.54) is 16.0 Å². The quantitative estimate of drug-likeness (QED) is 0.684. The van der Waals surface area contributed by atoms with Crippen LogP contribution >= 0.6 is 11.8 Å². The molecule has 6 heteroatoms. The van der Waals surface area contributed by atoms with Crippen molar-refractivity contribution in [1.82, 2.24) is 9.80 Å². The Morgan fingerprint density at radius 2 is 1.67 bits per heavy atom. The molecule has 1 N–H and O–H groups in total. The van der Waals surface area contributed by atoms with Gasteiger partial charge in [-0.1, -0.05) is 29.8 Å². The number of carbonyl (C=O) groups excluding carboxylic acids is 2. The van der Waals surface area contributed by atoms with Crippen molar-refractivity contribution in [3.8, 4) is 0 Å². The lowest BCUT2D eigenvalue weighted by Gasteiger charge is -2.34. The highest BCUT2D eigenvalue weighted by Gasteiger charge is 2.22. The number of anilines is 1. The van der Waals surface area contributed by atoms with Crippen LogP contribution in [0, 0.1) is 20.8 Å². The standard InChI is InChI=1S/C24H31N3O2S/c1-18-7-9-21(10-8-18)30-16-11-24(29)27-14-12-26(13-15-27)17-23(28)25-22-6-4-5-19(2)20(22)3/h4-10H,11-17H2,1-3H3,(H,25,28). The first-order valence-electron chi connectivity index (χ1n) is 10.5. The second-order valence-corrected chi connectivity index (χ2v) is 9.03. The molecule has 1 fully saturated rings. The molecule has 30 heavy (non-hydrogen) atoms. The third-order valence-electron chi connectivity index (χ3n) is 5.58. The second kappa shape index (κ2) is 10.6. The molecule has 0 radical (unpaired) electrons. The number of aryl methyl sites for hydroxylation is 2. The molecule has 1 aliphatic heterocycles. The monoisotopic (exact) mass is 425 g/mol. The first-order chi connectivity index (χ1) is 14.4. The predicted molar refractivity (Wildman–Crippen MR) is 124 cm³/mol. The average Bonchev–Trinajstić information content (AvgIpc) is 2.73. The van der Waals surface area contributed by atoms with Gasteiger partial charge < -0.3 is 10.2 Å². The van der Waals surface area contributed by atoms with Crippen molar-refractivity contribution in [2.45, 2.75) is 32.1 Å². The third kappa shape index (κ3) is 6.34. The lowest BCUT2D eigenvalue weighted by molar-refractivity contribution is -0.132. The Balaban J connectivity index is 1.37. The topological polar surface area (TPSA) is 52.7 Å². The van der Waals surface area contributed by atoms with Crippen LogP contribution in [0.15, 0.2) is 47.4 Å². The van der Waals surface area contributed by atoms with Crippen LogP contribution in [0.2, 0.25) is 0 Å². The van der Waals surface area contributed by atoms with E-state index in [0.29, 0.717) is 26.1 Å².